The van der Waals surface area contributed by atoms with E-state index in [1.54, 1.807) is 18.2 Å². The van der Waals surface area contributed by atoms with Gasteiger partial charge in [0.2, 0.25) is 21.4 Å². The zero-order chi connectivity index (χ0) is 17.2. The first-order chi connectivity index (χ1) is 11.5. The molecule has 122 valence electrons. The standard InChI is InChI=1S/C15H12N4O4S/c20-12(14(21)15-17-9-18-19-15)6-10-7-16-8-13(10)24(22,23)11-4-2-1-3-5-11/h1-5,7-9,16H,6H2,(H,17,18,19). The van der Waals surface area contributed by atoms with Crippen LogP contribution < -0.4 is 0 Å². The predicted octanol–water partition coefficient (Wildman–Crippen LogP) is 0.960. The molecule has 0 aliphatic carbocycles. The van der Waals surface area contributed by atoms with Crippen LogP contribution in [0.5, 0.6) is 0 Å². The first-order valence-electron chi connectivity index (χ1n) is 6.89. The summed E-state index contributed by atoms with van der Waals surface area (Å²) in [6, 6.07) is 7.85. The molecule has 3 aromatic rings. The Hall–Kier alpha value is -3.07. The molecule has 0 bridgehead atoms. The molecule has 0 atom stereocenters. The van der Waals surface area contributed by atoms with Gasteiger partial charge in [-0.25, -0.2) is 13.4 Å². The largest absolute Gasteiger partial charge is 0.366 e. The minimum Gasteiger partial charge on any atom is -0.366 e. The lowest BCUT2D eigenvalue weighted by Gasteiger charge is -2.05. The van der Waals surface area contributed by atoms with E-state index in [4.69, 9.17) is 0 Å². The predicted molar refractivity (Wildman–Crippen MR) is 82.1 cm³/mol. The quantitative estimate of drug-likeness (QED) is 0.507. The summed E-state index contributed by atoms with van der Waals surface area (Å²) in [6.07, 6.45) is 3.50. The third-order valence-corrected chi connectivity index (χ3v) is 5.21. The van der Waals surface area contributed by atoms with Crippen LogP contribution in [0, 0.1) is 0 Å². The van der Waals surface area contributed by atoms with Gasteiger partial charge < -0.3 is 4.98 Å². The molecule has 0 aliphatic heterocycles. The topological polar surface area (TPSA) is 126 Å². The van der Waals surface area contributed by atoms with Gasteiger partial charge in [-0.05, 0) is 17.7 Å². The van der Waals surface area contributed by atoms with Gasteiger partial charge in [0.25, 0.3) is 5.78 Å². The summed E-state index contributed by atoms with van der Waals surface area (Å²) >= 11 is 0. The molecule has 0 saturated heterocycles. The van der Waals surface area contributed by atoms with Gasteiger partial charge in [0.15, 0.2) is 0 Å². The number of nitrogens with zero attached hydrogens (tertiary/aromatic N) is 2. The maximum atomic E-state index is 12.6. The number of rotatable bonds is 6. The average molecular weight is 344 g/mol. The summed E-state index contributed by atoms with van der Waals surface area (Å²) in [4.78, 5) is 30.3. The molecular weight excluding hydrogens is 332 g/mol. The van der Waals surface area contributed by atoms with E-state index >= 15 is 0 Å². The Kier molecular flexibility index (Phi) is 4.09. The minimum absolute atomic E-state index is 0.0372. The molecule has 0 spiro atoms. The van der Waals surface area contributed by atoms with Crippen LogP contribution in [0.25, 0.3) is 0 Å². The third-order valence-electron chi connectivity index (χ3n) is 3.35. The second kappa shape index (κ2) is 6.20. The van der Waals surface area contributed by atoms with E-state index in [9.17, 15) is 18.0 Å². The van der Waals surface area contributed by atoms with Crippen LogP contribution in [0.2, 0.25) is 0 Å². The number of Topliss-reactive ketones (excluding diaryl/α,β-unsaturated/α-hetero) is 2. The van der Waals surface area contributed by atoms with E-state index in [0.29, 0.717) is 0 Å². The number of hydrogen-bond acceptors (Lipinski definition) is 6. The smallest absolute Gasteiger partial charge is 0.267 e. The Morgan fingerprint density at radius 2 is 1.83 bits per heavy atom. The molecule has 9 heteroatoms. The lowest BCUT2D eigenvalue weighted by molar-refractivity contribution is -0.114. The highest BCUT2D eigenvalue weighted by Gasteiger charge is 2.26. The lowest BCUT2D eigenvalue weighted by atomic mass is 10.1. The molecule has 0 saturated carbocycles. The van der Waals surface area contributed by atoms with Crippen molar-refractivity contribution in [3.8, 4) is 0 Å². The number of carbonyl (C=O) groups is 2. The van der Waals surface area contributed by atoms with Crippen LogP contribution in [0.1, 0.15) is 16.2 Å². The van der Waals surface area contributed by atoms with Crippen molar-refractivity contribution in [2.24, 2.45) is 0 Å². The fourth-order valence-corrected chi connectivity index (χ4v) is 3.66. The summed E-state index contributed by atoms with van der Waals surface area (Å²) in [6.45, 7) is 0. The molecule has 1 aromatic carbocycles. The van der Waals surface area contributed by atoms with E-state index in [1.165, 1.54) is 30.9 Å². The maximum absolute atomic E-state index is 12.6. The van der Waals surface area contributed by atoms with E-state index < -0.39 is 21.4 Å². The van der Waals surface area contributed by atoms with Gasteiger partial charge in [-0.1, -0.05) is 18.2 Å². The molecule has 2 heterocycles. The van der Waals surface area contributed by atoms with Crippen molar-refractivity contribution in [1.29, 1.82) is 0 Å². The first kappa shape index (κ1) is 15.8. The molecule has 3 rings (SSSR count). The van der Waals surface area contributed by atoms with Gasteiger partial charge in [-0.15, -0.1) is 5.10 Å². The normalized spacial score (nSPS) is 11.3. The van der Waals surface area contributed by atoms with E-state index in [-0.39, 0.29) is 27.6 Å². The fourth-order valence-electron chi connectivity index (χ4n) is 2.19. The molecule has 0 aliphatic rings. The van der Waals surface area contributed by atoms with Gasteiger partial charge in [0.05, 0.1) is 9.79 Å². The maximum Gasteiger partial charge on any atom is 0.267 e. The zero-order valence-electron chi connectivity index (χ0n) is 12.3. The van der Waals surface area contributed by atoms with Crippen molar-refractivity contribution in [3.63, 3.8) is 0 Å². The van der Waals surface area contributed by atoms with E-state index in [0.717, 1.165) is 0 Å². The molecule has 0 fully saturated rings. The second-order valence-corrected chi connectivity index (χ2v) is 6.83. The third kappa shape index (κ3) is 2.88. The second-order valence-electron chi connectivity index (χ2n) is 4.91. The molecule has 2 aromatic heterocycles. The van der Waals surface area contributed by atoms with Crippen molar-refractivity contribution in [2.75, 3.05) is 0 Å². The number of nitrogens with one attached hydrogen (secondary N) is 2. The minimum atomic E-state index is -3.78. The summed E-state index contributed by atoms with van der Waals surface area (Å²) in [5, 5.41) is 5.90. The van der Waals surface area contributed by atoms with Crippen LogP contribution >= 0.6 is 0 Å². The number of hydrogen-bond donors (Lipinski definition) is 2. The highest BCUT2D eigenvalue weighted by Crippen LogP contribution is 2.24. The SMILES string of the molecule is O=C(Cc1c[nH]cc1S(=O)(=O)c1ccccc1)C(=O)c1nc[nH]n1. The Morgan fingerprint density at radius 3 is 2.50 bits per heavy atom. The Morgan fingerprint density at radius 1 is 1.08 bits per heavy atom. The molecule has 8 nitrogen and oxygen atoms in total. The van der Waals surface area contributed by atoms with Crippen molar-refractivity contribution >= 4 is 21.4 Å². The van der Waals surface area contributed by atoms with Crippen LogP contribution in [-0.2, 0) is 21.1 Å². The monoisotopic (exact) mass is 344 g/mol. The summed E-state index contributed by atoms with van der Waals surface area (Å²) < 4.78 is 25.3. The van der Waals surface area contributed by atoms with Crippen LogP contribution in [0.15, 0.2) is 58.8 Å². The number of sulfone groups is 1. The molecular formula is C15H12N4O4S. The van der Waals surface area contributed by atoms with Crippen molar-refractivity contribution < 1.29 is 18.0 Å². The van der Waals surface area contributed by atoms with Gasteiger partial charge >= 0.3 is 0 Å². The number of aromatic amines is 2. The molecule has 2 N–H and O–H groups in total. The zero-order valence-corrected chi connectivity index (χ0v) is 13.1. The fraction of sp³-hybridized carbons (Fsp3) is 0.0667. The number of ketones is 2. The number of H-pyrrole nitrogens is 2. The van der Waals surface area contributed by atoms with Crippen molar-refractivity contribution in [1.82, 2.24) is 20.2 Å². The Balaban J connectivity index is 1.89. The molecule has 0 radical (unpaired) electrons. The van der Waals surface area contributed by atoms with E-state index in [1.807, 2.05) is 0 Å². The number of benzene rings is 1. The molecule has 0 unspecified atom stereocenters. The Bertz CT molecular complexity index is 976. The summed E-state index contributed by atoms with van der Waals surface area (Å²) in [5.74, 6) is -1.91. The summed E-state index contributed by atoms with van der Waals surface area (Å²) in [5.41, 5.74) is 0.215. The van der Waals surface area contributed by atoms with Gasteiger partial charge in [0, 0.05) is 18.8 Å². The van der Waals surface area contributed by atoms with Crippen molar-refractivity contribution in [3.05, 3.63) is 60.4 Å². The van der Waals surface area contributed by atoms with Gasteiger partial charge in [-0.3, -0.25) is 14.7 Å². The Labute approximate surface area is 136 Å². The van der Waals surface area contributed by atoms with Gasteiger partial charge in [0.1, 0.15) is 6.33 Å². The summed E-state index contributed by atoms with van der Waals surface area (Å²) in [7, 11) is -3.78. The van der Waals surface area contributed by atoms with Crippen LogP contribution in [0.4, 0.5) is 0 Å². The molecule has 24 heavy (non-hydrogen) atoms. The van der Waals surface area contributed by atoms with Gasteiger partial charge in [-0.2, -0.15) is 0 Å². The lowest BCUT2D eigenvalue weighted by Crippen LogP contribution is -2.19. The number of aromatic nitrogens is 4. The van der Waals surface area contributed by atoms with Crippen LogP contribution in [-0.4, -0.2) is 40.1 Å². The molecule has 0 amide bonds. The highest BCUT2D eigenvalue weighted by molar-refractivity contribution is 7.91. The van der Waals surface area contributed by atoms with Crippen molar-refractivity contribution in [2.45, 2.75) is 16.2 Å². The van der Waals surface area contributed by atoms with E-state index in [2.05, 4.69) is 20.2 Å². The average Bonchev–Trinajstić information content (AvgIpc) is 3.26. The number of carbonyl (C=O) groups excluding carboxylic acids is 2. The highest BCUT2D eigenvalue weighted by atomic mass is 32.2. The first-order valence-corrected chi connectivity index (χ1v) is 8.37. The van der Waals surface area contributed by atoms with Crippen LogP contribution in [0.3, 0.4) is 0 Å².